The number of alkyl halides is 3. The highest BCUT2D eigenvalue weighted by molar-refractivity contribution is 5.85. The fourth-order valence-electron chi connectivity index (χ4n) is 3.14. The smallest absolute Gasteiger partial charge is 0.353 e. The van der Waals surface area contributed by atoms with Gasteiger partial charge in [0.2, 0.25) is 11.3 Å². The first kappa shape index (κ1) is 22.1. The lowest BCUT2D eigenvalue weighted by atomic mass is 10.2. The predicted octanol–water partition coefficient (Wildman–Crippen LogP) is 0.771. The third-order valence-electron chi connectivity index (χ3n) is 4.52. The van der Waals surface area contributed by atoms with Crippen molar-refractivity contribution >= 4 is 29.2 Å². The third kappa shape index (κ3) is 5.21. The van der Waals surface area contributed by atoms with Crippen molar-refractivity contribution in [3.63, 3.8) is 0 Å². The van der Waals surface area contributed by atoms with Crippen LogP contribution in [-0.2, 0) is 11.3 Å². The van der Waals surface area contributed by atoms with E-state index in [4.69, 9.17) is 0 Å². The maximum Gasteiger partial charge on any atom is 0.405 e. The monoisotopic (exact) mass is 419 g/mol. The summed E-state index contributed by atoms with van der Waals surface area (Å²) in [4.78, 5) is 25.3. The Morgan fingerprint density at radius 3 is 2.61 bits per heavy atom. The lowest BCUT2D eigenvalue weighted by Crippen LogP contribution is -2.57. The SMILES string of the molecule is Cl.O=C(Cn1ncc(=O)c2ccccc21)NCC(N1CCNCC1)C(F)(F)F. The van der Waals surface area contributed by atoms with Crippen LogP contribution in [-0.4, -0.2) is 65.5 Å². The lowest BCUT2D eigenvalue weighted by Gasteiger charge is -2.35. The summed E-state index contributed by atoms with van der Waals surface area (Å²) >= 11 is 0. The lowest BCUT2D eigenvalue weighted by molar-refractivity contribution is -0.184. The van der Waals surface area contributed by atoms with E-state index in [-0.39, 0.29) is 37.5 Å². The van der Waals surface area contributed by atoms with Crippen molar-refractivity contribution in [2.24, 2.45) is 0 Å². The molecule has 1 saturated heterocycles. The first-order valence-electron chi connectivity index (χ1n) is 8.59. The molecule has 0 aliphatic carbocycles. The molecule has 1 fully saturated rings. The molecule has 1 atom stereocenters. The van der Waals surface area contributed by atoms with Crippen LogP contribution < -0.4 is 16.1 Å². The molecule has 3 rings (SSSR count). The first-order valence-corrected chi connectivity index (χ1v) is 8.59. The molecule has 2 heterocycles. The normalized spacial score (nSPS) is 16.4. The van der Waals surface area contributed by atoms with E-state index < -0.39 is 24.7 Å². The maximum atomic E-state index is 13.4. The Morgan fingerprint density at radius 1 is 1.25 bits per heavy atom. The van der Waals surface area contributed by atoms with Crippen LogP contribution in [0, 0.1) is 0 Å². The van der Waals surface area contributed by atoms with Crippen LogP contribution in [0.5, 0.6) is 0 Å². The van der Waals surface area contributed by atoms with Crippen molar-refractivity contribution in [2.75, 3.05) is 32.7 Å². The Balaban J connectivity index is 0.00000280. The molecule has 1 aliphatic rings. The van der Waals surface area contributed by atoms with Gasteiger partial charge < -0.3 is 10.6 Å². The van der Waals surface area contributed by atoms with Gasteiger partial charge >= 0.3 is 6.18 Å². The van der Waals surface area contributed by atoms with Crippen molar-refractivity contribution in [3.8, 4) is 0 Å². The number of carbonyl (C=O) groups excluding carboxylic acids is 1. The average Bonchev–Trinajstić information content (AvgIpc) is 2.64. The Morgan fingerprint density at radius 2 is 1.93 bits per heavy atom. The number of amides is 1. The summed E-state index contributed by atoms with van der Waals surface area (Å²) in [7, 11) is 0. The van der Waals surface area contributed by atoms with Gasteiger partial charge in [-0.15, -0.1) is 12.4 Å². The van der Waals surface area contributed by atoms with E-state index in [0.29, 0.717) is 24.0 Å². The highest BCUT2D eigenvalue weighted by Gasteiger charge is 2.43. The van der Waals surface area contributed by atoms with Gasteiger partial charge in [0.05, 0.1) is 11.7 Å². The molecule has 2 N–H and O–H groups in total. The van der Waals surface area contributed by atoms with E-state index in [1.54, 1.807) is 24.3 Å². The summed E-state index contributed by atoms with van der Waals surface area (Å²) in [5.41, 5.74) is 0.174. The van der Waals surface area contributed by atoms with Crippen molar-refractivity contribution in [2.45, 2.75) is 18.8 Å². The fourth-order valence-corrected chi connectivity index (χ4v) is 3.14. The number of para-hydroxylation sites is 1. The summed E-state index contributed by atoms with van der Waals surface area (Å²) in [5, 5.41) is 9.67. The second-order valence-corrected chi connectivity index (χ2v) is 6.33. The van der Waals surface area contributed by atoms with Crippen LogP contribution in [0.3, 0.4) is 0 Å². The molecular weight excluding hydrogens is 399 g/mol. The fraction of sp³-hybridized carbons (Fsp3) is 0.471. The number of benzene rings is 1. The molecule has 154 valence electrons. The van der Waals surface area contributed by atoms with Gasteiger partial charge in [0.15, 0.2) is 0 Å². The van der Waals surface area contributed by atoms with Gasteiger partial charge in [-0.05, 0) is 12.1 Å². The third-order valence-corrected chi connectivity index (χ3v) is 4.52. The number of carbonyl (C=O) groups is 1. The number of nitrogens with one attached hydrogen (secondary N) is 2. The highest BCUT2D eigenvalue weighted by Crippen LogP contribution is 2.24. The summed E-state index contributed by atoms with van der Waals surface area (Å²) in [5.74, 6) is -0.597. The molecule has 1 aromatic carbocycles. The highest BCUT2D eigenvalue weighted by atomic mass is 35.5. The molecule has 0 radical (unpaired) electrons. The Hall–Kier alpha value is -2.17. The number of fused-ring (bicyclic) bond motifs is 1. The zero-order valence-electron chi connectivity index (χ0n) is 14.9. The predicted molar refractivity (Wildman–Crippen MR) is 101 cm³/mol. The molecule has 0 bridgehead atoms. The first-order chi connectivity index (χ1) is 12.9. The summed E-state index contributed by atoms with van der Waals surface area (Å²) in [6.45, 7) is 0.701. The molecule has 7 nitrogen and oxygen atoms in total. The van der Waals surface area contributed by atoms with Crippen molar-refractivity contribution < 1.29 is 18.0 Å². The van der Waals surface area contributed by atoms with E-state index in [1.165, 1.54) is 9.58 Å². The molecule has 2 aromatic rings. The van der Waals surface area contributed by atoms with E-state index >= 15 is 0 Å². The number of nitrogens with zero attached hydrogens (tertiary/aromatic N) is 3. The second kappa shape index (κ2) is 9.35. The minimum absolute atomic E-state index is 0. The van der Waals surface area contributed by atoms with Crippen molar-refractivity contribution in [3.05, 3.63) is 40.7 Å². The van der Waals surface area contributed by atoms with E-state index in [1.807, 2.05) is 0 Å². The Bertz CT molecular complexity index is 868. The maximum absolute atomic E-state index is 13.4. The zero-order chi connectivity index (χ0) is 19.4. The van der Waals surface area contributed by atoms with E-state index in [0.717, 1.165) is 6.20 Å². The van der Waals surface area contributed by atoms with Gasteiger partial charge in [-0.1, -0.05) is 12.1 Å². The Kier molecular flexibility index (Phi) is 7.39. The van der Waals surface area contributed by atoms with Gasteiger partial charge in [-0.3, -0.25) is 19.2 Å². The van der Waals surface area contributed by atoms with Gasteiger partial charge in [0.25, 0.3) is 0 Å². The largest absolute Gasteiger partial charge is 0.405 e. The number of hydrogen-bond donors (Lipinski definition) is 2. The van der Waals surface area contributed by atoms with Crippen molar-refractivity contribution in [1.29, 1.82) is 0 Å². The number of aromatic nitrogens is 2. The summed E-state index contributed by atoms with van der Waals surface area (Å²) < 4.78 is 41.4. The molecule has 1 aliphatic heterocycles. The van der Waals surface area contributed by atoms with Crippen LogP contribution in [0.4, 0.5) is 13.2 Å². The second-order valence-electron chi connectivity index (χ2n) is 6.33. The van der Waals surface area contributed by atoms with Crippen LogP contribution in [0.2, 0.25) is 0 Å². The summed E-state index contributed by atoms with van der Waals surface area (Å²) in [6, 6.07) is 4.90. The standard InChI is InChI=1S/C17H20F3N5O2.ClH/c18-17(19,20)15(24-7-5-21-6-8-24)10-22-16(27)11-25-13-4-2-1-3-12(13)14(26)9-23-25;/h1-4,9,15,21H,5-8,10-11H2,(H,22,27);1H. The van der Waals surface area contributed by atoms with E-state index in [2.05, 4.69) is 15.7 Å². The zero-order valence-corrected chi connectivity index (χ0v) is 15.7. The molecule has 0 spiro atoms. The molecule has 28 heavy (non-hydrogen) atoms. The molecular formula is C17H21ClF3N5O2. The van der Waals surface area contributed by atoms with Crippen LogP contribution >= 0.6 is 12.4 Å². The number of hydrogen-bond acceptors (Lipinski definition) is 5. The van der Waals surface area contributed by atoms with Gasteiger partial charge in [-0.25, -0.2) is 0 Å². The van der Waals surface area contributed by atoms with Crippen molar-refractivity contribution in [1.82, 2.24) is 25.3 Å². The molecule has 1 unspecified atom stereocenters. The minimum Gasteiger partial charge on any atom is -0.353 e. The topological polar surface area (TPSA) is 79.3 Å². The number of halogens is 4. The van der Waals surface area contributed by atoms with Crippen LogP contribution in [0.15, 0.2) is 35.3 Å². The Labute approximate surface area is 165 Å². The van der Waals surface area contributed by atoms with Crippen LogP contribution in [0.1, 0.15) is 0 Å². The molecule has 0 saturated carbocycles. The van der Waals surface area contributed by atoms with Gasteiger partial charge in [0, 0.05) is 38.1 Å². The quantitative estimate of drug-likeness (QED) is 0.748. The van der Waals surface area contributed by atoms with Gasteiger partial charge in [-0.2, -0.15) is 18.3 Å². The molecule has 1 amide bonds. The van der Waals surface area contributed by atoms with Crippen LogP contribution in [0.25, 0.3) is 10.9 Å². The van der Waals surface area contributed by atoms with E-state index in [9.17, 15) is 22.8 Å². The van der Waals surface area contributed by atoms with Gasteiger partial charge in [0.1, 0.15) is 12.6 Å². The number of piperazine rings is 1. The minimum atomic E-state index is -4.44. The average molecular weight is 420 g/mol. The number of rotatable bonds is 5. The molecule has 1 aromatic heterocycles. The summed E-state index contributed by atoms with van der Waals surface area (Å²) in [6.07, 6.45) is -3.35. The molecule has 11 heteroatoms.